The van der Waals surface area contributed by atoms with Crippen LogP contribution in [0.5, 0.6) is 5.75 Å². The van der Waals surface area contributed by atoms with Crippen molar-refractivity contribution >= 4 is 11.6 Å². The number of carbonyl (C=O) groups excluding carboxylic acids is 1. The number of phenolic OH excluding ortho intramolecular Hbond substituents is 1. The number of likely N-dealkylation sites (N-methyl/N-ethyl adjacent to an activating group) is 1. The number of nitrogens with zero attached hydrogens (tertiary/aromatic N) is 2. The summed E-state index contributed by atoms with van der Waals surface area (Å²) >= 11 is 0. The number of nitrogen functional groups attached to an aromatic ring is 1. The second-order valence-electron chi connectivity index (χ2n) is 5.30. The molecule has 5 heteroatoms. The summed E-state index contributed by atoms with van der Waals surface area (Å²) in [5.41, 5.74) is 6.19. The summed E-state index contributed by atoms with van der Waals surface area (Å²) in [6.07, 6.45) is 2.01. The van der Waals surface area contributed by atoms with Crippen LogP contribution in [-0.2, 0) is 0 Å². The van der Waals surface area contributed by atoms with Gasteiger partial charge in [0.2, 0.25) is 0 Å². The lowest BCUT2D eigenvalue weighted by Gasteiger charge is -2.27. The maximum atomic E-state index is 12.5. The fraction of sp³-hybridized carbons (Fsp3) is 0.500. The van der Waals surface area contributed by atoms with E-state index < -0.39 is 0 Å². The monoisotopic (exact) mass is 263 g/mol. The second kappa shape index (κ2) is 5.48. The lowest BCUT2D eigenvalue weighted by molar-refractivity contribution is 0.0713. The first-order valence-electron chi connectivity index (χ1n) is 6.54. The topological polar surface area (TPSA) is 69.8 Å². The maximum Gasteiger partial charge on any atom is 0.257 e. The SMILES string of the molecule is CN(C)CC1CCCN1C(=O)c1cccc(N)c1O. The van der Waals surface area contributed by atoms with Crippen LogP contribution >= 0.6 is 0 Å². The molecule has 104 valence electrons. The molecule has 0 aliphatic carbocycles. The van der Waals surface area contributed by atoms with Gasteiger partial charge >= 0.3 is 0 Å². The lowest BCUT2D eigenvalue weighted by atomic mass is 10.1. The van der Waals surface area contributed by atoms with Crippen molar-refractivity contribution in [3.05, 3.63) is 23.8 Å². The smallest absolute Gasteiger partial charge is 0.257 e. The first-order chi connectivity index (χ1) is 9.00. The molecular weight excluding hydrogens is 242 g/mol. The molecule has 1 atom stereocenters. The largest absolute Gasteiger partial charge is 0.505 e. The van der Waals surface area contributed by atoms with Gasteiger partial charge in [0.25, 0.3) is 5.91 Å². The van der Waals surface area contributed by atoms with E-state index in [0.717, 1.165) is 25.9 Å². The summed E-state index contributed by atoms with van der Waals surface area (Å²) in [6, 6.07) is 5.12. The highest BCUT2D eigenvalue weighted by Crippen LogP contribution is 2.28. The Morgan fingerprint density at radius 1 is 1.53 bits per heavy atom. The van der Waals surface area contributed by atoms with Gasteiger partial charge in [-0.1, -0.05) is 6.07 Å². The van der Waals surface area contributed by atoms with E-state index in [4.69, 9.17) is 5.73 Å². The van der Waals surface area contributed by atoms with E-state index >= 15 is 0 Å². The zero-order chi connectivity index (χ0) is 14.0. The van der Waals surface area contributed by atoms with Crippen molar-refractivity contribution in [1.29, 1.82) is 0 Å². The third-order valence-electron chi connectivity index (χ3n) is 3.51. The molecule has 1 saturated heterocycles. The molecule has 19 heavy (non-hydrogen) atoms. The summed E-state index contributed by atoms with van der Waals surface area (Å²) in [5, 5.41) is 9.91. The lowest BCUT2D eigenvalue weighted by Crippen LogP contribution is -2.41. The molecular formula is C14H21N3O2. The number of anilines is 1. The zero-order valence-corrected chi connectivity index (χ0v) is 11.5. The average molecular weight is 263 g/mol. The van der Waals surface area contributed by atoms with Gasteiger partial charge in [0, 0.05) is 19.1 Å². The van der Waals surface area contributed by atoms with Gasteiger partial charge in [-0.15, -0.1) is 0 Å². The molecule has 1 heterocycles. The molecule has 1 aliphatic heterocycles. The number of rotatable bonds is 3. The highest BCUT2D eigenvalue weighted by Gasteiger charge is 2.31. The van der Waals surface area contributed by atoms with Crippen LogP contribution in [0.3, 0.4) is 0 Å². The molecule has 0 radical (unpaired) electrons. The number of likely N-dealkylation sites (tertiary alicyclic amines) is 1. The van der Waals surface area contributed by atoms with Crippen LogP contribution in [0.4, 0.5) is 5.69 Å². The van der Waals surface area contributed by atoms with Crippen molar-refractivity contribution < 1.29 is 9.90 Å². The number of phenols is 1. The van der Waals surface area contributed by atoms with Crippen LogP contribution < -0.4 is 5.73 Å². The molecule has 3 N–H and O–H groups in total. The molecule has 1 aromatic carbocycles. The van der Waals surface area contributed by atoms with Gasteiger partial charge < -0.3 is 20.6 Å². The van der Waals surface area contributed by atoms with Crippen molar-refractivity contribution in [2.75, 3.05) is 32.9 Å². The fourth-order valence-corrected chi connectivity index (χ4v) is 2.60. The van der Waals surface area contributed by atoms with Crippen LogP contribution in [-0.4, -0.2) is 54.0 Å². The first kappa shape index (κ1) is 13.7. The van der Waals surface area contributed by atoms with Crippen LogP contribution in [0.1, 0.15) is 23.2 Å². The van der Waals surface area contributed by atoms with E-state index in [-0.39, 0.29) is 23.4 Å². The van der Waals surface area contributed by atoms with E-state index in [1.165, 1.54) is 0 Å². The van der Waals surface area contributed by atoms with Gasteiger partial charge in [0.1, 0.15) is 0 Å². The minimum absolute atomic E-state index is 0.108. The summed E-state index contributed by atoms with van der Waals surface area (Å²) < 4.78 is 0. The van der Waals surface area contributed by atoms with Crippen molar-refractivity contribution in [2.24, 2.45) is 0 Å². The number of para-hydroxylation sites is 1. The number of aromatic hydroxyl groups is 1. The van der Waals surface area contributed by atoms with Crippen molar-refractivity contribution in [2.45, 2.75) is 18.9 Å². The van der Waals surface area contributed by atoms with Crippen LogP contribution in [0, 0.1) is 0 Å². The summed E-state index contributed by atoms with van der Waals surface area (Å²) in [6.45, 7) is 1.58. The van der Waals surface area contributed by atoms with E-state index in [0.29, 0.717) is 5.56 Å². The Bertz CT molecular complexity index is 474. The van der Waals surface area contributed by atoms with Crippen LogP contribution in [0.2, 0.25) is 0 Å². The summed E-state index contributed by atoms with van der Waals surface area (Å²) in [7, 11) is 4.00. The van der Waals surface area contributed by atoms with Gasteiger partial charge in [0.15, 0.2) is 5.75 Å². The number of amides is 1. The molecule has 0 spiro atoms. The van der Waals surface area contributed by atoms with Gasteiger partial charge in [0.05, 0.1) is 11.3 Å². The van der Waals surface area contributed by atoms with Gasteiger partial charge in [-0.2, -0.15) is 0 Å². The molecule has 1 aliphatic rings. The zero-order valence-electron chi connectivity index (χ0n) is 11.5. The first-order valence-corrected chi connectivity index (χ1v) is 6.54. The molecule has 0 aromatic heterocycles. The maximum absolute atomic E-state index is 12.5. The van der Waals surface area contributed by atoms with E-state index in [1.54, 1.807) is 18.2 Å². The van der Waals surface area contributed by atoms with Crippen LogP contribution in [0.15, 0.2) is 18.2 Å². The number of hydrogen-bond donors (Lipinski definition) is 2. The molecule has 0 bridgehead atoms. The second-order valence-corrected chi connectivity index (χ2v) is 5.30. The van der Waals surface area contributed by atoms with Crippen molar-refractivity contribution in [3.8, 4) is 5.75 Å². The quantitative estimate of drug-likeness (QED) is 0.634. The number of carbonyl (C=O) groups is 1. The Labute approximate surface area is 113 Å². The summed E-state index contributed by atoms with van der Waals surface area (Å²) in [5.74, 6) is -0.239. The third-order valence-corrected chi connectivity index (χ3v) is 3.51. The van der Waals surface area contributed by atoms with Crippen molar-refractivity contribution in [3.63, 3.8) is 0 Å². The normalized spacial score (nSPS) is 19.1. The fourth-order valence-electron chi connectivity index (χ4n) is 2.60. The predicted octanol–water partition coefficient (Wildman–Crippen LogP) is 1.14. The molecule has 5 nitrogen and oxygen atoms in total. The highest BCUT2D eigenvalue weighted by molar-refractivity contribution is 5.98. The Hall–Kier alpha value is -1.75. The number of benzene rings is 1. The van der Waals surface area contributed by atoms with Crippen LogP contribution in [0.25, 0.3) is 0 Å². The Morgan fingerprint density at radius 2 is 2.26 bits per heavy atom. The summed E-state index contributed by atoms with van der Waals surface area (Å²) in [4.78, 5) is 16.4. The number of hydrogen-bond acceptors (Lipinski definition) is 4. The third kappa shape index (κ3) is 2.81. The van der Waals surface area contributed by atoms with E-state index in [9.17, 15) is 9.90 Å². The Kier molecular flexibility index (Phi) is 3.95. The number of nitrogens with two attached hydrogens (primary N) is 1. The van der Waals surface area contributed by atoms with Gasteiger partial charge in [-0.3, -0.25) is 4.79 Å². The van der Waals surface area contributed by atoms with E-state index in [1.807, 2.05) is 19.0 Å². The molecule has 1 unspecified atom stereocenters. The average Bonchev–Trinajstić information content (AvgIpc) is 2.79. The minimum Gasteiger partial charge on any atom is -0.505 e. The van der Waals surface area contributed by atoms with E-state index in [2.05, 4.69) is 4.90 Å². The molecule has 1 amide bonds. The molecule has 1 aromatic rings. The van der Waals surface area contributed by atoms with Crippen molar-refractivity contribution in [1.82, 2.24) is 9.80 Å². The highest BCUT2D eigenvalue weighted by atomic mass is 16.3. The Balaban J connectivity index is 2.21. The standard InChI is InChI=1S/C14H21N3O2/c1-16(2)9-10-5-4-8-17(10)14(19)11-6-3-7-12(15)13(11)18/h3,6-7,10,18H,4-5,8-9,15H2,1-2H3. The molecule has 1 fully saturated rings. The Morgan fingerprint density at radius 3 is 2.95 bits per heavy atom. The van der Waals surface area contributed by atoms with Gasteiger partial charge in [-0.25, -0.2) is 0 Å². The van der Waals surface area contributed by atoms with Gasteiger partial charge in [-0.05, 0) is 39.1 Å². The predicted molar refractivity (Wildman–Crippen MR) is 75.1 cm³/mol. The molecule has 2 rings (SSSR count). The molecule has 0 saturated carbocycles. The minimum atomic E-state index is -0.130.